The number of hydrogen-bond donors (Lipinski definition) is 2. The van der Waals surface area contributed by atoms with Gasteiger partial charge in [0.25, 0.3) is 5.91 Å². The van der Waals surface area contributed by atoms with Gasteiger partial charge in [-0.25, -0.2) is 0 Å². The zero-order chi connectivity index (χ0) is 14.8. The van der Waals surface area contributed by atoms with Crippen molar-refractivity contribution >= 4 is 17.3 Å². The van der Waals surface area contributed by atoms with E-state index in [1.54, 1.807) is 37.2 Å². The number of hydrogen-bond acceptors (Lipinski definition) is 4. The van der Waals surface area contributed by atoms with Crippen LogP contribution in [0.15, 0.2) is 18.2 Å². The molecule has 0 saturated carbocycles. The number of amides is 1. The van der Waals surface area contributed by atoms with Gasteiger partial charge in [0.15, 0.2) is 0 Å². The Morgan fingerprint density at radius 1 is 1.50 bits per heavy atom. The summed E-state index contributed by atoms with van der Waals surface area (Å²) in [5.74, 6) is -0.0370. The highest BCUT2D eigenvalue weighted by atomic mass is 16.5. The van der Waals surface area contributed by atoms with Crippen molar-refractivity contribution in [2.24, 2.45) is 0 Å². The summed E-state index contributed by atoms with van der Waals surface area (Å²) in [6.07, 6.45) is 2.11. The highest BCUT2D eigenvalue weighted by molar-refractivity contribution is 6.00. The van der Waals surface area contributed by atoms with Crippen LogP contribution in [0.4, 0.5) is 11.4 Å². The molecule has 1 heterocycles. The minimum absolute atomic E-state index is 0.0370. The lowest BCUT2D eigenvalue weighted by Crippen LogP contribution is -2.33. The number of rotatable bonds is 4. The molecule has 5 nitrogen and oxygen atoms in total. The van der Waals surface area contributed by atoms with Gasteiger partial charge in [-0.05, 0) is 38.0 Å². The van der Waals surface area contributed by atoms with Crippen molar-refractivity contribution in [3.05, 3.63) is 23.8 Å². The summed E-state index contributed by atoms with van der Waals surface area (Å²) >= 11 is 0. The maximum atomic E-state index is 12.2. The van der Waals surface area contributed by atoms with Gasteiger partial charge in [-0.1, -0.05) is 0 Å². The van der Waals surface area contributed by atoms with E-state index in [9.17, 15) is 4.79 Å². The van der Waals surface area contributed by atoms with Crippen LogP contribution in [-0.2, 0) is 4.74 Å². The summed E-state index contributed by atoms with van der Waals surface area (Å²) in [6.45, 7) is 3.56. The summed E-state index contributed by atoms with van der Waals surface area (Å²) in [7, 11) is 3.48. The first-order valence-corrected chi connectivity index (χ1v) is 6.90. The number of anilines is 2. The molecule has 1 aromatic carbocycles. The second-order valence-corrected chi connectivity index (χ2v) is 5.76. The van der Waals surface area contributed by atoms with Crippen molar-refractivity contribution in [3.63, 3.8) is 0 Å². The fraction of sp³-hybridized carbons (Fsp3) is 0.533. The van der Waals surface area contributed by atoms with Crippen LogP contribution in [0.3, 0.4) is 0 Å². The van der Waals surface area contributed by atoms with Crippen molar-refractivity contribution in [1.29, 1.82) is 0 Å². The van der Waals surface area contributed by atoms with Crippen LogP contribution in [0.5, 0.6) is 0 Å². The zero-order valence-electron chi connectivity index (χ0n) is 12.4. The Kier molecular flexibility index (Phi) is 4.18. The molecule has 3 N–H and O–H groups in total. The maximum Gasteiger partial charge on any atom is 0.255 e. The van der Waals surface area contributed by atoms with E-state index < -0.39 is 0 Å². The third-order valence-corrected chi connectivity index (χ3v) is 3.63. The predicted molar refractivity (Wildman–Crippen MR) is 81.0 cm³/mol. The maximum absolute atomic E-state index is 12.2. The van der Waals surface area contributed by atoms with Gasteiger partial charge >= 0.3 is 0 Å². The average molecular weight is 277 g/mol. The molecule has 1 unspecified atom stereocenters. The third kappa shape index (κ3) is 3.22. The Morgan fingerprint density at radius 2 is 2.25 bits per heavy atom. The van der Waals surface area contributed by atoms with Crippen molar-refractivity contribution < 1.29 is 9.53 Å². The summed E-state index contributed by atoms with van der Waals surface area (Å²) in [4.78, 5) is 13.7. The van der Waals surface area contributed by atoms with E-state index in [1.807, 2.05) is 0 Å². The van der Waals surface area contributed by atoms with Crippen LogP contribution in [0.25, 0.3) is 0 Å². The summed E-state index contributed by atoms with van der Waals surface area (Å²) < 4.78 is 5.75. The van der Waals surface area contributed by atoms with Crippen LogP contribution in [0.1, 0.15) is 30.1 Å². The van der Waals surface area contributed by atoms with Crippen molar-refractivity contribution in [2.45, 2.75) is 25.4 Å². The fourth-order valence-corrected chi connectivity index (χ4v) is 2.39. The molecule has 1 fully saturated rings. The summed E-state index contributed by atoms with van der Waals surface area (Å²) in [5.41, 5.74) is 7.69. The van der Waals surface area contributed by atoms with Gasteiger partial charge in [0, 0.05) is 38.6 Å². The highest BCUT2D eigenvalue weighted by Gasteiger charge is 2.29. The number of nitrogens with one attached hydrogen (secondary N) is 1. The van der Waals surface area contributed by atoms with Crippen LogP contribution in [0, 0.1) is 0 Å². The van der Waals surface area contributed by atoms with Crippen LogP contribution in [0.2, 0.25) is 0 Å². The van der Waals surface area contributed by atoms with Crippen LogP contribution < -0.4 is 11.1 Å². The van der Waals surface area contributed by atoms with E-state index in [4.69, 9.17) is 10.5 Å². The summed E-state index contributed by atoms with van der Waals surface area (Å²) in [6, 6.07) is 5.31. The molecule has 1 amide bonds. The van der Waals surface area contributed by atoms with E-state index in [0.717, 1.165) is 25.1 Å². The first-order chi connectivity index (χ1) is 9.41. The molecule has 0 spiro atoms. The van der Waals surface area contributed by atoms with E-state index >= 15 is 0 Å². The van der Waals surface area contributed by atoms with Crippen LogP contribution in [-0.4, -0.2) is 43.7 Å². The Balaban J connectivity index is 2.17. The minimum Gasteiger partial charge on any atom is -0.399 e. The molecule has 1 aliphatic rings. The predicted octanol–water partition coefficient (Wildman–Crippen LogP) is 1.95. The van der Waals surface area contributed by atoms with E-state index in [1.165, 1.54) is 0 Å². The monoisotopic (exact) mass is 277 g/mol. The normalized spacial score (nSPS) is 21.8. The molecule has 110 valence electrons. The van der Waals surface area contributed by atoms with Crippen molar-refractivity contribution in [2.75, 3.05) is 38.3 Å². The summed E-state index contributed by atoms with van der Waals surface area (Å²) in [5, 5.41) is 3.32. The fourth-order valence-electron chi connectivity index (χ4n) is 2.39. The number of nitrogens with two attached hydrogens (primary N) is 1. The molecule has 1 aromatic rings. The van der Waals surface area contributed by atoms with Gasteiger partial charge in [0.05, 0.1) is 11.2 Å². The van der Waals surface area contributed by atoms with Gasteiger partial charge in [0.2, 0.25) is 0 Å². The standard InChI is InChI=1S/C15H23N3O2/c1-15(7-4-8-20-15)10-17-13-9-11(16)5-6-12(13)14(19)18(2)3/h5-6,9,17H,4,7-8,10,16H2,1-3H3. The molecule has 20 heavy (non-hydrogen) atoms. The molecule has 1 atom stereocenters. The highest BCUT2D eigenvalue weighted by Crippen LogP contribution is 2.27. The minimum atomic E-state index is -0.164. The number of ether oxygens (including phenoxy) is 1. The second kappa shape index (κ2) is 5.71. The van der Waals surface area contributed by atoms with Gasteiger partial charge in [-0.2, -0.15) is 0 Å². The molecular formula is C15H23N3O2. The van der Waals surface area contributed by atoms with E-state index in [-0.39, 0.29) is 11.5 Å². The molecular weight excluding hydrogens is 254 g/mol. The first kappa shape index (κ1) is 14.7. The number of benzene rings is 1. The molecule has 0 aliphatic carbocycles. The molecule has 0 radical (unpaired) electrons. The molecule has 1 saturated heterocycles. The Bertz CT molecular complexity index is 494. The van der Waals surface area contributed by atoms with Gasteiger partial charge in [-0.3, -0.25) is 4.79 Å². The van der Waals surface area contributed by atoms with Gasteiger partial charge in [-0.15, -0.1) is 0 Å². The number of nitrogen functional groups attached to an aromatic ring is 1. The molecule has 2 rings (SSSR count). The van der Waals surface area contributed by atoms with Gasteiger partial charge in [0.1, 0.15) is 0 Å². The molecule has 0 bridgehead atoms. The van der Waals surface area contributed by atoms with Gasteiger partial charge < -0.3 is 20.7 Å². The molecule has 0 aromatic heterocycles. The van der Waals surface area contributed by atoms with Crippen molar-refractivity contribution in [3.8, 4) is 0 Å². The van der Waals surface area contributed by atoms with E-state index in [0.29, 0.717) is 17.8 Å². The number of carbonyl (C=O) groups is 1. The second-order valence-electron chi connectivity index (χ2n) is 5.76. The average Bonchev–Trinajstić information content (AvgIpc) is 2.83. The SMILES string of the molecule is CN(C)C(=O)c1ccc(N)cc1NCC1(C)CCCO1. The lowest BCUT2D eigenvalue weighted by atomic mass is 10.0. The largest absolute Gasteiger partial charge is 0.399 e. The van der Waals surface area contributed by atoms with E-state index in [2.05, 4.69) is 12.2 Å². The van der Waals surface area contributed by atoms with Crippen LogP contribution >= 0.6 is 0 Å². The lowest BCUT2D eigenvalue weighted by molar-refractivity contribution is 0.0315. The lowest BCUT2D eigenvalue weighted by Gasteiger charge is -2.25. The third-order valence-electron chi connectivity index (χ3n) is 3.63. The zero-order valence-corrected chi connectivity index (χ0v) is 12.4. The molecule has 1 aliphatic heterocycles. The Labute approximate surface area is 120 Å². The Hall–Kier alpha value is -1.75. The Morgan fingerprint density at radius 3 is 2.85 bits per heavy atom. The number of carbonyl (C=O) groups excluding carboxylic acids is 1. The number of nitrogens with zero attached hydrogens (tertiary/aromatic N) is 1. The quantitative estimate of drug-likeness (QED) is 0.825. The van der Waals surface area contributed by atoms with Crippen molar-refractivity contribution in [1.82, 2.24) is 4.90 Å². The first-order valence-electron chi connectivity index (χ1n) is 6.90. The molecule has 5 heteroatoms. The topological polar surface area (TPSA) is 67.6 Å². The smallest absolute Gasteiger partial charge is 0.255 e.